The average molecular weight is 424 g/mol. The first-order chi connectivity index (χ1) is 9.52. The minimum atomic E-state index is -0.00799. The molecule has 1 unspecified atom stereocenters. The Labute approximate surface area is 148 Å². The molecule has 1 amide bonds. The molecule has 0 saturated heterocycles. The summed E-state index contributed by atoms with van der Waals surface area (Å²) in [5, 5.41) is 8.60. The summed E-state index contributed by atoms with van der Waals surface area (Å²) in [5.41, 5.74) is 0. The molecule has 0 spiro atoms. The van der Waals surface area contributed by atoms with Crippen LogP contribution in [-0.2, 0) is 11.3 Å². The lowest BCUT2D eigenvalue weighted by atomic mass is 10.3. The normalized spacial score (nSPS) is 12.3. The van der Waals surface area contributed by atoms with E-state index < -0.39 is 0 Å². The number of nitrogens with zero attached hydrogens (tertiary/aromatic N) is 2. The van der Waals surface area contributed by atoms with Crippen LogP contribution in [-0.4, -0.2) is 43.4 Å². The first kappa shape index (κ1) is 20.2. The third kappa shape index (κ3) is 8.25. The number of carbonyl (C=O) groups is 1. The van der Waals surface area contributed by atoms with Gasteiger partial charge in [0.2, 0.25) is 5.91 Å². The molecule has 0 saturated carbocycles. The Kier molecular flexibility index (Phi) is 10.4. The van der Waals surface area contributed by atoms with Gasteiger partial charge in [-0.25, -0.2) is 4.99 Å². The van der Waals surface area contributed by atoms with Gasteiger partial charge >= 0.3 is 0 Å². The second-order valence-corrected chi connectivity index (χ2v) is 5.87. The van der Waals surface area contributed by atoms with Crippen molar-refractivity contribution >= 4 is 47.2 Å². The van der Waals surface area contributed by atoms with Gasteiger partial charge in [0, 0.05) is 25.0 Å². The van der Waals surface area contributed by atoms with E-state index in [2.05, 4.69) is 35.5 Å². The van der Waals surface area contributed by atoms with Crippen LogP contribution >= 0.6 is 35.3 Å². The maximum absolute atomic E-state index is 11.6. The first-order valence-corrected chi connectivity index (χ1v) is 7.68. The van der Waals surface area contributed by atoms with Gasteiger partial charge in [0.25, 0.3) is 0 Å². The number of rotatable bonds is 6. The second kappa shape index (κ2) is 10.8. The second-order valence-electron chi connectivity index (χ2n) is 4.84. The van der Waals surface area contributed by atoms with Crippen molar-refractivity contribution in [2.24, 2.45) is 4.99 Å². The fourth-order valence-corrected chi connectivity index (χ4v) is 2.00. The molecule has 0 bridgehead atoms. The Morgan fingerprint density at radius 3 is 2.71 bits per heavy atom. The quantitative estimate of drug-likeness (QED) is 0.419. The zero-order chi connectivity index (χ0) is 15.0. The van der Waals surface area contributed by atoms with Gasteiger partial charge in [-0.05, 0) is 24.8 Å². The number of carbonyl (C=O) groups excluding carboxylic acids is 1. The summed E-state index contributed by atoms with van der Waals surface area (Å²) < 4.78 is 0. The van der Waals surface area contributed by atoms with Gasteiger partial charge in [-0.1, -0.05) is 13.0 Å². The fraction of sp³-hybridized carbons (Fsp3) is 0.571. The number of halogens is 1. The first-order valence-electron chi connectivity index (χ1n) is 6.80. The SMILES string of the molecule is CCC(C)NC(=NCC(=O)N(C)C)NCc1cccs1.I. The van der Waals surface area contributed by atoms with E-state index in [0.29, 0.717) is 12.0 Å². The maximum Gasteiger partial charge on any atom is 0.243 e. The van der Waals surface area contributed by atoms with Crippen LogP contribution < -0.4 is 10.6 Å². The van der Waals surface area contributed by atoms with Crippen molar-refractivity contribution in [3.8, 4) is 0 Å². The number of hydrogen-bond acceptors (Lipinski definition) is 3. The highest BCUT2D eigenvalue weighted by atomic mass is 127. The molecule has 1 aromatic rings. The molecule has 1 atom stereocenters. The van der Waals surface area contributed by atoms with Crippen molar-refractivity contribution in [1.29, 1.82) is 0 Å². The number of nitrogens with one attached hydrogen (secondary N) is 2. The molecule has 0 aliphatic heterocycles. The lowest BCUT2D eigenvalue weighted by Crippen LogP contribution is -2.42. The largest absolute Gasteiger partial charge is 0.354 e. The summed E-state index contributed by atoms with van der Waals surface area (Å²) in [6.45, 7) is 5.08. The van der Waals surface area contributed by atoms with Gasteiger partial charge in [0.15, 0.2) is 5.96 Å². The zero-order valence-corrected chi connectivity index (χ0v) is 16.2. The molecule has 120 valence electrons. The third-order valence-corrected chi connectivity index (χ3v) is 3.75. The standard InChI is InChI=1S/C14H24N4OS.HI/c1-5-11(2)17-14(16-10-13(19)18(3)4)15-9-12-7-6-8-20-12;/h6-8,11H,5,9-10H2,1-4H3,(H2,15,16,17);1H. The molecule has 1 heterocycles. The van der Waals surface area contributed by atoms with E-state index in [4.69, 9.17) is 0 Å². The van der Waals surface area contributed by atoms with Crippen LogP contribution in [0.5, 0.6) is 0 Å². The van der Waals surface area contributed by atoms with E-state index in [9.17, 15) is 4.79 Å². The van der Waals surface area contributed by atoms with E-state index >= 15 is 0 Å². The van der Waals surface area contributed by atoms with Crippen molar-refractivity contribution in [3.05, 3.63) is 22.4 Å². The molecule has 0 aliphatic rings. The monoisotopic (exact) mass is 424 g/mol. The van der Waals surface area contributed by atoms with E-state index in [1.54, 1.807) is 30.3 Å². The van der Waals surface area contributed by atoms with Gasteiger partial charge < -0.3 is 15.5 Å². The molecule has 0 fully saturated rings. The number of likely N-dealkylation sites (N-methyl/N-ethyl adjacent to an activating group) is 1. The molecule has 7 heteroatoms. The summed E-state index contributed by atoms with van der Waals surface area (Å²) in [4.78, 5) is 18.7. The molecule has 0 aliphatic carbocycles. The molecule has 0 aromatic carbocycles. The number of hydrogen-bond donors (Lipinski definition) is 2. The Hall–Kier alpha value is -0.830. The summed E-state index contributed by atoms with van der Waals surface area (Å²) in [6.07, 6.45) is 1.00. The molecular formula is C14H25IN4OS. The van der Waals surface area contributed by atoms with Crippen LogP contribution in [0.25, 0.3) is 0 Å². The number of thiophene rings is 1. The van der Waals surface area contributed by atoms with Gasteiger partial charge in [0.05, 0.1) is 6.54 Å². The smallest absolute Gasteiger partial charge is 0.243 e. The Morgan fingerprint density at radius 2 is 2.19 bits per heavy atom. The van der Waals surface area contributed by atoms with Crippen molar-refractivity contribution in [2.45, 2.75) is 32.9 Å². The summed E-state index contributed by atoms with van der Waals surface area (Å²) in [7, 11) is 3.47. The zero-order valence-electron chi connectivity index (χ0n) is 13.0. The summed E-state index contributed by atoms with van der Waals surface area (Å²) >= 11 is 1.70. The molecule has 1 rings (SSSR count). The van der Waals surface area contributed by atoms with E-state index in [-0.39, 0.29) is 36.4 Å². The summed E-state index contributed by atoms with van der Waals surface area (Å²) in [5.74, 6) is 0.675. The van der Waals surface area contributed by atoms with Crippen LogP contribution in [0.15, 0.2) is 22.5 Å². The number of amides is 1. The van der Waals surface area contributed by atoms with Gasteiger partial charge in [-0.15, -0.1) is 35.3 Å². The van der Waals surface area contributed by atoms with Crippen molar-refractivity contribution in [2.75, 3.05) is 20.6 Å². The number of aliphatic imine (C=N–C) groups is 1. The van der Waals surface area contributed by atoms with Crippen LogP contribution in [0.3, 0.4) is 0 Å². The Balaban J connectivity index is 0.00000400. The topological polar surface area (TPSA) is 56.7 Å². The number of guanidine groups is 1. The minimum Gasteiger partial charge on any atom is -0.354 e. The highest BCUT2D eigenvalue weighted by Gasteiger charge is 2.07. The molecular weight excluding hydrogens is 399 g/mol. The van der Waals surface area contributed by atoms with Crippen LogP contribution in [0.4, 0.5) is 0 Å². The molecule has 0 radical (unpaired) electrons. The van der Waals surface area contributed by atoms with Crippen LogP contribution in [0.2, 0.25) is 0 Å². The highest BCUT2D eigenvalue weighted by Crippen LogP contribution is 2.07. The van der Waals surface area contributed by atoms with Crippen LogP contribution in [0, 0.1) is 0 Å². The fourth-order valence-electron chi connectivity index (χ4n) is 1.36. The third-order valence-electron chi connectivity index (χ3n) is 2.88. The lowest BCUT2D eigenvalue weighted by Gasteiger charge is -2.17. The maximum atomic E-state index is 11.6. The Morgan fingerprint density at radius 1 is 1.48 bits per heavy atom. The predicted molar refractivity (Wildman–Crippen MR) is 100 cm³/mol. The van der Waals surface area contributed by atoms with Gasteiger partial charge in [-0.3, -0.25) is 4.79 Å². The van der Waals surface area contributed by atoms with E-state index in [0.717, 1.165) is 13.0 Å². The van der Waals surface area contributed by atoms with Gasteiger partial charge in [-0.2, -0.15) is 0 Å². The van der Waals surface area contributed by atoms with Crippen molar-refractivity contribution in [3.63, 3.8) is 0 Å². The molecule has 21 heavy (non-hydrogen) atoms. The lowest BCUT2D eigenvalue weighted by molar-refractivity contribution is -0.127. The molecule has 2 N–H and O–H groups in total. The van der Waals surface area contributed by atoms with E-state index in [1.807, 2.05) is 11.4 Å². The van der Waals surface area contributed by atoms with E-state index in [1.165, 1.54) is 4.88 Å². The summed E-state index contributed by atoms with van der Waals surface area (Å²) in [6, 6.07) is 4.42. The minimum absolute atomic E-state index is 0. The van der Waals surface area contributed by atoms with Crippen LogP contribution in [0.1, 0.15) is 25.1 Å². The highest BCUT2D eigenvalue weighted by molar-refractivity contribution is 14.0. The molecule has 1 aromatic heterocycles. The van der Waals surface area contributed by atoms with Crippen molar-refractivity contribution in [1.82, 2.24) is 15.5 Å². The molecule has 5 nitrogen and oxygen atoms in total. The van der Waals surface area contributed by atoms with Gasteiger partial charge in [0.1, 0.15) is 6.54 Å². The Bertz CT molecular complexity index is 434. The van der Waals surface area contributed by atoms with Crippen molar-refractivity contribution < 1.29 is 4.79 Å². The average Bonchev–Trinajstić information content (AvgIpc) is 2.94. The predicted octanol–water partition coefficient (Wildman–Crippen LogP) is 2.29.